The molecule has 0 bridgehead atoms. The number of hydrogen-bond acceptors (Lipinski definition) is 2. The Hall–Kier alpha value is -0.780. The average molecular weight is 414 g/mol. The Morgan fingerprint density at radius 2 is 1.86 bits per heavy atom. The maximum atomic E-state index is 6.40. The van der Waals surface area contributed by atoms with Crippen LogP contribution in [0.5, 0.6) is 5.75 Å². The number of fused-ring (bicyclic) bond motifs is 1. The molecule has 0 spiro atoms. The third-order valence-electron chi connectivity index (χ3n) is 3.75. The summed E-state index contributed by atoms with van der Waals surface area (Å²) in [6.07, 6.45) is 0.913. The molecule has 1 unspecified atom stereocenters. The molecule has 21 heavy (non-hydrogen) atoms. The molecule has 0 aliphatic carbocycles. The summed E-state index contributed by atoms with van der Waals surface area (Å²) in [5.74, 6) is 0.969. The number of nitrogens with two attached hydrogens (primary N) is 1. The predicted molar refractivity (Wildman–Crippen MR) is 95.1 cm³/mol. The van der Waals surface area contributed by atoms with Gasteiger partial charge in [-0.05, 0) is 71.3 Å². The second-order valence-electron chi connectivity index (χ2n) is 6.06. The summed E-state index contributed by atoms with van der Waals surface area (Å²) >= 11 is 8.41. The van der Waals surface area contributed by atoms with Crippen LogP contribution >= 0.6 is 34.2 Å². The van der Waals surface area contributed by atoms with Gasteiger partial charge in [0.05, 0.1) is 11.1 Å². The van der Waals surface area contributed by atoms with Crippen LogP contribution in [0.2, 0.25) is 5.02 Å². The lowest BCUT2D eigenvalue weighted by atomic mass is 9.95. The maximum Gasteiger partial charge on any atom is 0.123 e. The van der Waals surface area contributed by atoms with Gasteiger partial charge in [-0.3, -0.25) is 0 Å². The highest BCUT2D eigenvalue weighted by Gasteiger charge is 2.30. The summed E-state index contributed by atoms with van der Waals surface area (Å²) in [6.45, 7) is 4.21. The number of hydrogen-bond donors (Lipinski definition) is 1. The predicted octanol–water partition coefficient (Wildman–Crippen LogP) is 4.71. The fourth-order valence-corrected chi connectivity index (χ4v) is 3.25. The first-order chi connectivity index (χ1) is 9.85. The molecule has 0 aromatic heterocycles. The van der Waals surface area contributed by atoms with Gasteiger partial charge in [-0.15, -0.1) is 0 Å². The monoisotopic (exact) mass is 413 g/mol. The summed E-state index contributed by atoms with van der Waals surface area (Å²) in [5, 5.41) is 0.745. The lowest BCUT2D eigenvalue weighted by Crippen LogP contribution is -2.24. The van der Waals surface area contributed by atoms with E-state index >= 15 is 0 Å². The minimum Gasteiger partial charge on any atom is -0.487 e. The molecule has 2 aromatic rings. The van der Waals surface area contributed by atoms with Gasteiger partial charge < -0.3 is 10.5 Å². The third kappa shape index (κ3) is 3.05. The summed E-state index contributed by atoms with van der Waals surface area (Å²) in [6, 6.07) is 12.0. The van der Waals surface area contributed by atoms with Crippen molar-refractivity contribution in [1.29, 1.82) is 0 Å². The molecule has 110 valence electrons. The smallest absolute Gasteiger partial charge is 0.123 e. The SMILES string of the molecule is CC1(C)Cc2cc(C(N)c3ccc(I)c(Cl)c3)ccc2O1. The second kappa shape index (κ2) is 5.45. The van der Waals surface area contributed by atoms with Crippen LogP contribution in [0.25, 0.3) is 0 Å². The number of halogens is 2. The second-order valence-corrected chi connectivity index (χ2v) is 7.63. The molecule has 2 nitrogen and oxygen atoms in total. The zero-order valence-electron chi connectivity index (χ0n) is 12.0. The van der Waals surface area contributed by atoms with E-state index in [2.05, 4.69) is 42.5 Å². The fraction of sp³-hybridized carbons (Fsp3) is 0.294. The van der Waals surface area contributed by atoms with E-state index in [4.69, 9.17) is 22.1 Å². The van der Waals surface area contributed by atoms with Gasteiger partial charge in [0.25, 0.3) is 0 Å². The lowest BCUT2D eigenvalue weighted by Gasteiger charge is -2.16. The van der Waals surface area contributed by atoms with Gasteiger partial charge in [-0.2, -0.15) is 0 Å². The molecule has 0 amide bonds. The van der Waals surface area contributed by atoms with Crippen LogP contribution in [0.4, 0.5) is 0 Å². The Bertz CT molecular complexity index is 699. The van der Waals surface area contributed by atoms with E-state index in [0.717, 1.165) is 31.9 Å². The van der Waals surface area contributed by atoms with E-state index in [1.807, 2.05) is 30.3 Å². The van der Waals surface area contributed by atoms with Crippen LogP contribution in [-0.4, -0.2) is 5.60 Å². The largest absolute Gasteiger partial charge is 0.487 e. The normalized spacial score (nSPS) is 17.2. The van der Waals surface area contributed by atoms with Gasteiger partial charge in [0.1, 0.15) is 11.4 Å². The zero-order valence-corrected chi connectivity index (χ0v) is 14.9. The Morgan fingerprint density at radius 1 is 1.19 bits per heavy atom. The Kier molecular flexibility index (Phi) is 3.93. The minimum atomic E-state index is -0.173. The first-order valence-corrected chi connectivity index (χ1v) is 8.34. The van der Waals surface area contributed by atoms with Crippen molar-refractivity contribution in [1.82, 2.24) is 0 Å². The van der Waals surface area contributed by atoms with Crippen LogP contribution in [-0.2, 0) is 6.42 Å². The molecule has 1 aliphatic rings. The van der Waals surface area contributed by atoms with Gasteiger partial charge in [0.15, 0.2) is 0 Å². The van der Waals surface area contributed by atoms with E-state index in [-0.39, 0.29) is 11.6 Å². The van der Waals surface area contributed by atoms with Gasteiger partial charge in [-0.25, -0.2) is 0 Å². The van der Waals surface area contributed by atoms with Crippen molar-refractivity contribution in [2.75, 3.05) is 0 Å². The van der Waals surface area contributed by atoms with Gasteiger partial charge in [0.2, 0.25) is 0 Å². The van der Waals surface area contributed by atoms with Crippen LogP contribution in [0.1, 0.15) is 36.6 Å². The Morgan fingerprint density at radius 3 is 2.57 bits per heavy atom. The number of rotatable bonds is 2. The van der Waals surface area contributed by atoms with Crippen molar-refractivity contribution in [3.8, 4) is 5.75 Å². The lowest BCUT2D eigenvalue weighted by molar-refractivity contribution is 0.138. The number of benzene rings is 2. The molecule has 1 aliphatic heterocycles. The zero-order chi connectivity index (χ0) is 15.2. The third-order valence-corrected chi connectivity index (χ3v) is 5.32. The first-order valence-electron chi connectivity index (χ1n) is 6.88. The van der Waals surface area contributed by atoms with Crippen LogP contribution in [0, 0.1) is 3.57 Å². The van der Waals surface area contributed by atoms with Crippen molar-refractivity contribution in [3.63, 3.8) is 0 Å². The molecule has 1 heterocycles. The molecule has 2 aromatic carbocycles. The highest BCUT2D eigenvalue weighted by molar-refractivity contribution is 14.1. The molecule has 1 atom stereocenters. The molecular weight excluding hydrogens is 397 g/mol. The summed E-state index contributed by atoms with van der Waals surface area (Å²) in [5.41, 5.74) is 9.61. The topological polar surface area (TPSA) is 35.2 Å². The van der Waals surface area contributed by atoms with Crippen molar-refractivity contribution in [2.45, 2.75) is 31.9 Å². The molecule has 2 N–H and O–H groups in total. The van der Waals surface area contributed by atoms with Crippen molar-refractivity contribution in [2.24, 2.45) is 5.73 Å². The maximum absolute atomic E-state index is 6.40. The van der Waals surface area contributed by atoms with Crippen LogP contribution < -0.4 is 10.5 Å². The van der Waals surface area contributed by atoms with E-state index in [9.17, 15) is 0 Å². The number of ether oxygens (including phenoxy) is 1. The molecule has 3 rings (SSSR count). The van der Waals surface area contributed by atoms with Crippen molar-refractivity contribution in [3.05, 3.63) is 61.7 Å². The summed E-state index contributed by atoms with van der Waals surface area (Å²) < 4.78 is 6.94. The highest BCUT2D eigenvalue weighted by Crippen LogP contribution is 2.37. The van der Waals surface area contributed by atoms with Crippen molar-refractivity contribution >= 4 is 34.2 Å². The standard InChI is InChI=1S/C17H17ClINO/c1-17(2)9-12-7-10(4-6-15(12)21-17)16(20)11-3-5-14(19)13(18)8-11/h3-8,16H,9,20H2,1-2H3. The van der Waals surface area contributed by atoms with E-state index in [1.54, 1.807) is 0 Å². The van der Waals surface area contributed by atoms with E-state index in [0.29, 0.717) is 0 Å². The quantitative estimate of drug-likeness (QED) is 0.724. The van der Waals surface area contributed by atoms with Crippen LogP contribution in [0.3, 0.4) is 0 Å². The molecular formula is C17H17ClINO. The van der Waals surface area contributed by atoms with E-state index in [1.165, 1.54) is 5.56 Å². The molecule has 0 saturated heterocycles. The molecule has 0 fully saturated rings. The molecule has 4 heteroatoms. The molecule has 0 saturated carbocycles. The van der Waals surface area contributed by atoms with Gasteiger partial charge in [-0.1, -0.05) is 29.8 Å². The summed E-state index contributed by atoms with van der Waals surface area (Å²) in [7, 11) is 0. The minimum absolute atomic E-state index is 0.128. The van der Waals surface area contributed by atoms with Crippen LogP contribution in [0.15, 0.2) is 36.4 Å². The van der Waals surface area contributed by atoms with Gasteiger partial charge >= 0.3 is 0 Å². The fourth-order valence-electron chi connectivity index (χ4n) is 2.72. The average Bonchev–Trinajstić information content (AvgIpc) is 2.73. The molecule has 0 radical (unpaired) electrons. The van der Waals surface area contributed by atoms with Gasteiger partial charge in [0, 0.05) is 9.99 Å². The van der Waals surface area contributed by atoms with E-state index < -0.39 is 0 Å². The Balaban J connectivity index is 1.93. The Labute approximate surface area is 143 Å². The highest BCUT2D eigenvalue weighted by atomic mass is 127. The first kappa shape index (κ1) is 15.1. The summed E-state index contributed by atoms with van der Waals surface area (Å²) in [4.78, 5) is 0. The van der Waals surface area contributed by atoms with Crippen molar-refractivity contribution < 1.29 is 4.74 Å².